The number of amides is 2. The summed E-state index contributed by atoms with van der Waals surface area (Å²) in [5.41, 5.74) is 1.79. The number of pyridine rings is 1. The lowest BCUT2D eigenvalue weighted by molar-refractivity contribution is -0.385. The second kappa shape index (κ2) is 12.1. The second-order valence-corrected chi connectivity index (χ2v) is 12.3. The number of hydrogen-bond donors (Lipinski definition) is 3. The van der Waals surface area contributed by atoms with E-state index in [1.54, 1.807) is 12.1 Å². The molecule has 43 heavy (non-hydrogen) atoms. The van der Waals surface area contributed by atoms with Gasteiger partial charge in [-0.15, -0.1) is 5.10 Å². The maximum absolute atomic E-state index is 13.4. The van der Waals surface area contributed by atoms with E-state index in [1.807, 2.05) is 6.92 Å². The topological polar surface area (TPSA) is 182 Å². The van der Waals surface area contributed by atoms with Gasteiger partial charge in [-0.25, -0.2) is 0 Å². The van der Waals surface area contributed by atoms with E-state index < -0.39 is 48.9 Å². The molecule has 13 nitrogen and oxygen atoms in total. The molecular weight excluding hydrogens is 623 g/mol. The molecule has 0 spiro atoms. The van der Waals surface area contributed by atoms with Crippen molar-refractivity contribution >= 4 is 62.4 Å². The van der Waals surface area contributed by atoms with E-state index in [2.05, 4.69) is 26.1 Å². The third kappa shape index (κ3) is 6.71. The van der Waals surface area contributed by atoms with Crippen LogP contribution in [-0.2, 0) is 14.3 Å². The number of nitrogens with zero attached hydrogens (tertiary/aromatic N) is 3. The van der Waals surface area contributed by atoms with Crippen LogP contribution in [0.15, 0.2) is 64.7 Å². The smallest absolute Gasteiger partial charge is 0.340 e. The van der Waals surface area contributed by atoms with E-state index >= 15 is 0 Å². The summed E-state index contributed by atoms with van der Waals surface area (Å²) in [5, 5.41) is 21.5. The van der Waals surface area contributed by atoms with E-state index in [0.717, 1.165) is 31.0 Å². The maximum atomic E-state index is 13.4. The van der Waals surface area contributed by atoms with Crippen molar-refractivity contribution in [2.75, 3.05) is 11.9 Å². The van der Waals surface area contributed by atoms with Gasteiger partial charge in [0.2, 0.25) is 5.90 Å². The molecule has 2 atom stereocenters. The number of aromatic nitrogens is 1. The third-order valence-electron chi connectivity index (χ3n) is 6.96. The number of benzene rings is 2. The van der Waals surface area contributed by atoms with Crippen LogP contribution in [0.4, 0.5) is 11.4 Å². The number of carbonyl (C=O) groups is 2. The van der Waals surface area contributed by atoms with E-state index in [0.29, 0.717) is 11.6 Å². The Labute approximate surface area is 255 Å². The van der Waals surface area contributed by atoms with Crippen LogP contribution in [0.2, 0.25) is 10.0 Å². The normalized spacial score (nSPS) is 16.9. The van der Waals surface area contributed by atoms with Gasteiger partial charge in [-0.3, -0.25) is 24.7 Å². The van der Waals surface area contributed by atoms with Gasteiger partial charge < -0.3 is 20.2 Å². The molecule has 1 fully saturated rings. The molecule has 2 amide bonds. The number of rotatable bonds is 9. The van der Waals surface area contributed by atoms with Crippen LogP contribution < -0.4 is 16.1 Å². The molecule has 2 heterocycles. The summed E-state index contributed by atoms with van der Waals surface area (Å²) in [7, 11) is -4.64. The fraction of sp³-hybridized carbons (Fsp3) is 0.259. The Kier molecular flexibility index (Phi) is 8.53. The monoisotopic (exact) mass is 646 g/mol. The SMILES string of the molecule is CC(NC(=O)c1cc(Cl)ccc1NC(=O)c1cc(S(=O)(=O)OC2=NNCC2c2ncccc2Cl)ccc1[N+](=O)[O-])C1CC1. The van der Waals surface area contributed by atoms with Crippen molar-refractivity contribution in [1.29, 1.82) is 0 Å². The average Bonchev–Trinajstić information content (AvgIpc) is 3.73. The highest BCUT2D eigenvalue weighted by molar-refractivity contribution is 7.87. The summed E-state index contributed by atoms with van der Waals surface area (Å²) >= 11 is 12.3. The molecule has 5 rings (SSSR count). The minimum atomic E-state index is -4.64. The van der Waals surface area contributed by atoms with Crippen LogP contribution in [-0.4, -0.2) is 48.6 Å². The molecule has 224 valence electrons. The highest BCUT2D eigenvalue weighted by Crippen LogP contribution is 2.33. The molecule has 3 N–H and O–H groups in total. The number of hydrazone groups is 1. The first-order valence-electron chi connectivity index (χ1n) is 13.0. The lowest BCUT2D eigenvalue weighted by Gasteiger charge is -2.16. The van der Waals surface area contributed by atoms with Gasteiger partial charge in [0.05, 0.1) is 33.4 Å². The minimum Gasteiger partial charge on any atom is -0.361 e. The molecule has 2 aromatic carbocycles. The van der Waals surface area contributed by atoms with Crippen molar-refractivity contribution < 1.29 is 27.1 Å². The van der Waals surface area contributed by atoms with Crippen LogP contribution in [0.5, 0.6) is 0 Å². The van der Waals surface area contributed by atoms with Crippen molar-refractivity contribution in [3.05, 3.63) is 91.7 Å². The number of nitro groups is 1. The summed E-state index contributed by atoms with van der Waals surface area (Å²) < 4.78 is 31.8. The van der Waals surface area contributed by atoms with Crippen LogP contribution in [0.1, 0.15) is 52.1 Å². The summed E-state index contributed by atoms with van der Waals surface area (Å²) in [6.07, 6.45) is 3.47. The highest BCUT2D eigenvalue weighted by Gasteiger charge is 2.34. The first kappa shape index (κ1) is 30.2. The van der Waals surface area contributed by atoms with Crippen molar-refractivity contribution in [1.82, 2.24) is 15.7 Å². The third-order valence-corrected chi connectivity index (χ3v) is 8.73. The van der Waals surface area contributed by atoms with Gasteiger partial charge in [0, 0.05) is 23.3 Å². The van der Waals surface area contributed by atoms with Crippen molar-refractivity contribution in [2.24, 2.45) is 11.0 Å². The zero-order valence-electron chi connectivity index (χ0n) is 22.4. The van der Waals surface area contributed by atoms with Gasteiger partial charge in [0.25, 0.3) is 17.5 Å². The number of nitrogens with one attached hydrogen (secondary N) is 3. The standard InChI is InChI=1S/C27H24Cl2N6O7S/c1-14(15-4-5-15)32-25(36)18-11-16(28)6-8-22(18)33-26(37)19-12-17(7-9-23(19)35(38)39)43(40,41)42-27-20(13-31-34-27)24-21(29)3-2-10-30-24/h2-3,6-12,14-15,20,31H,4-5,13H2,1H3,(H,32,36)(H,33,37). The van der Waals surface area contributed by atoms with Gasteiger partial charge in [-0.1, -0.05) is 23.2 Å². The second-order valence-electron chi connectivity index (χ2n) is 9.95. The molecular formula is C27H24Cl2N6O7S. The fourth-order valence-corrected chi connectivity index (χ4v) is 5.90. The molecule has 1 aliphatic heterocycles. The summed E-state index contributed by atoms with van der Waals surface area (Å²) in [5.74, 6) is -2.15. The Morgan fingerprint density at radius 1 is 1.12 bits per heavy atom. The molecule has 0 bridgehead atoms. The zero-order chi connectivity index (χ0) is 30.9. The van der Waals surface area contributed by atoms with Crippen LogP contribution in [0, 0.1) is 16.0 Å². The molecule has 2 unspecified atom stereocenters. The van der Waals surface area contributed by atoms with E-state index in [9.17, 15) is 28.1 Å². The zero-order valence-corrected chi connectivity index (χ0v) is 24.7. The molecule has 0 saturated heterocycles. The van der Waals surface area contributed by atoms with E-state index in [4.69, 9.17) is 27.4 Å². The number of halogens is 2. The quantitative estimate of drug-likeness (QED) is 0.171. The van der Waals surface area contributed by atoms with Gasteiger partial charge in [-0.05, 0) is 68.1 Å². The van der Waals surface area contributed by atoms with Crippen molar-refractivity contribution in [3.63, 3.8) is 0 Å². The summed E-state index contributed by atoms with van der Waals surface area (Å²) in [4.78, 5) is 40.9. The molecule has 16 heteroatoms. The first-order chi connectivity index (χ1) is 20.4. The number of nitro benzene ring substituents is 1. The molecule has 1 aromatic heterocycles. The molecule has 0 radical (unpaired) electrons. The predicted molar refractivity (Wildman–Crippen MR) is 158 cm³/mol. The fourth-order valence-electron chi connectivity index (χ4n) is 4.50. The average molecular weight is 647 g/mol. The maximum Gasteiger partial charge on any atom is 0.340 e. The summed E-state index contributed by atoms with van der Waals surface area (Å²) in [6.45, 7) is 2.03. The van der Waals surface area contributed by atoms with Crippen LogP contribution >= 0.6 is 23.2 Å². The Bertz CT molecular complexity index is 1760. The predicted octanol–water partition coefficient (Wildman–Crippen LogP) is 4.48. The lowest BCUT2D eigenvalue weighted by Crippen LogP contribution is -2.34. The minimum absolute atomic E-state index is 0.0233. The van der Waals surface area contributed by atoms with Gasteiger partial charge in [0.1, 0.15) is 16.4 Å². The first-order valence-corrected chi connectivity index (χ1v) is 15.2. The van der Waals surface area contributed by atoms with Crippen LogP contribution in [0.25, 0.3) is 0 Å². The van der Waals surface area contributed by atoms with Crippen LogP contribution in [0.3, 0.4) is 0 Å². The van der Waals surface area contributed by atoms with Gasteiger partial charge in [-0.2, -0.15) is 8.42 Å². The molecule has 1 aliphatic carbocycles. The lowest BCUT2D eigenvalue weighted by atomic mass is 10.1. The van der Waals surface area contributed by atoms with E-state index in [-0.39, 0.29) is 39.8 Å². The van der Waals surface area contributed by atoms with Crippen molar-refractivity contribution in [2.45, 2.75) is 36.6 Å². The Morgan fingerprint density at radius 3 is 2.58 bits per heavy atom. The largest absolute Gasteiger partial charge is 0.361 e. The van der Waals surface area contributed by atoms with Gasteiger partial charge >= 0.3 is 10.1 Å². The molecule has 1 saturated carbocycles. The highest BCUT2D eigenvalue weighted by atomic mass is 35.5. The Morgan fingerprint density at radius 2 is 1.88 bits per heavy atom. The Balaban J connectivity index is 1.42. The number of hydrogen-bond acceptors (Lipinski definition) is 10. The number of carbonyl (C=O) groups excluding carboxylic acids is 2. The van der Waals surface area contributed by atoms with Crippen molar-refractivity contribution in [3.8, 4) is 0 Å². The summed E-state index contributed by atoms with van der Waals surface area (Å²) in [6, 6.07) is 9.89. The number of anilines is 1. The molecule has 3 aromatic rings. The van der Waals surface area contributed by atoms with E-state index in [1.165, 1.54) is 24.4 Å². The molecule has 2 aliphatic rings. The van der Waals surface area contributed by atoms with Gasteiger partial charge in [0.15, 0.2) is 0 Å². The Hall–Kier alpha value is -4.27.